The van der Waals surface area contributed by atoms with Gasteiger partial charge in [-0.3, -0.25) is 9.59 Å². The van der Waals surface area contributed by atoms with Crippen LogP contribution in [-0.2, 0) is 14.4 Å². The fraction of sp³-hybridized carbons (Fsp3) is 0.750. The summed E-state index contributed by atoms with van der Waals surface area (Å²) < 4.78 is 0. The van der Waals surface area contributed by atoms with Gasteiger partial charge in [0.1, 0.15) is 6.04 Å². The van der Waals surface area contributed by atoms with Crippen molar-refractivity contribution in [2.45, 2.75) is 52.1 Å². The summed E-state index contributed by atoms with van der Waals surface area (Å²) in [5, 5.41) is 11.4. The van der Waals surface area contributed by atoms with Gasteiger partial charge < -0.3 is 21.9 Å². The van der Waals surface area contributed by atoms with Gasteiger partial charge in [-0.15, -0.1) is 0 Å². The quantitative estimate of drug-likeness (QED) is 0.499. The molecule has 7 heteroatoms. The molecule has 0 aromatic rings. The number of amides is 2. The Balaban J connectivity index is 4.82. The average molecular weight is 273 g/mol. The summed E-state index contributed by atoms with van der Waals surface area (Å²) in [6.45, 7) is 6.64. The third-order valence-corrected chi connectivity index (χ3v) is 3.46. The van der Waals surface area contributed by atoms with E-state index < -0.39 is 34.8 Å². The van der Waals surface area contributed by atoms with Gasteiger partial charge in [-0.2, -0.15) is 0 Å². The van der Waals surface area contributed by atoms with E-state index in [0.29, 0.717) is 0 Å². The van der Waals surface area contributed by atoms with Gasteiger partial charge in [0.25, 0.3) is 0 Å². The largest absolute Gasteiger partial charge is 0.480 e. The molecule has 0 aromatic carbocycles. The molecule has 0 spiro atoms. The molecule has 0 rings (SSSR count). The second-order valence-corrected chi connectivity index (χ2v) is 5.72. The molecule has 0 saturated heterocycles. The number of carboxylic acid groups (broad SMARTS) is 1. The van der Waals surface area contributed by atoms with Crippen LogP contribution in [0, 0.1) is 5.41 Å². The van der Waals surface area contributed by atoms with E-state index in [-0.39, 0.29) is 12.8 Å². The second kappa shape index (κ2) is 6.01. The van der Waals surface area contributed by atoms with Crippen molar-refractivity contribution in [1.29, 1.82) is 0 Å². The molecule has 6 N–H and O–H groups in total. The van der Waals surface area contributed by atoms with E-state index in [2.05, 4.69) is 5.32 Å². The van der Waals surface area contributed by atoms with E-state index >= 15 is 0 Å². The molecule has 19 heavy (non-hydrogen) atoms. The van der Waals surface area contributed by atoms with E-state index in [0.717, 1.165) is 0 Å². The molecular weight excluding hydrogens is 250 g/mol. The molecule has 0 aliphatic heterocycles. The molecule has 0 fully saturated rings. The highest BCUT2D eigenvalue weighted by Gasteiger charge is 2.41. The lowest BCUT2D eigenvalue weighted by Crippen LogP contribution is -2.58. The van der Waals surface area contributed by atoms with E-state index in [1.807, 2.05) is 0 Å². The van der Waals surface area contributed by atoms with Crippen LogP contribution in [-0.4, -0.2) is 34.5 Å². The lowest BCUT2D eigenvalue weighted by molar-refractivity contribution is -0.144. The zero-order chi connectivity index (χ0) is 15.4. The topological polar surface area (TPSA) is 136 Å². The smallest absolute Gasteiger partial charge is 0.326 e. The van der Waals surface area contributed by atoms with Crippen molar-refractivity contribution in [3.8, 4) is 0 Å². The zero-order valence-corrected chi connectivity index (χ0v) is 11.8. The monoisotopic (exact) mass is 273 g/mol. The van der Waals surface area contributed by atoms with Crippen molar-refractivity contribution < 1.29 is 19.5 Å². The lowest BCUT2D eigenvalue weighted by Gasteiger charge is -2.37. The molecule has 0 saturated carbocycles. The predicted octanol–water partition coefficient (Wildman–Crippen LogP) is -0.415. The molecule has 0 heterocycles. The molecular formula is C12H23N3O4. The number of nitrogens with one attached hydrogen (secondary N) is 1. The number of carboxylic acids is 1. The Morgan fingerprint density at radius 1 is 1.21 bits per heavy atom. The number of hydrogen-bond donors (Lipinski definition) is 4. The van der Waals surface area contributed by atoms with Gasteiger partial charge in [-0.1, -0.05) is 0 Å². The molecule has 0 aliphatic carbocycles. The van der Waals surface area contributed by atoms with Crippen LogP contribution in [0.1, 0.15) is 40.5 Å². The maximum atomic E-state index is 12.1. The molecule has 2 amide bonds. The van der Waals surface area contributed by atoms with Gasteiger partial charge in [0.15, 0.2) is 0 Å². The first-order valence-corrected chi connectivity index (χ1v) is 6.00. The number of carbonyl (C=O) groups is 3. The fourth-order valence-corrected chi connectivity index (χ4v) is 1.18. The number of hydrogen-bond acceptors (Lipinski definition) is 4. The Bertz CT molecular complexity index is 372. The SMILES string of the molecule is CC(C)(N)C(C)(C)C(=O)N[C@H](CCC(N)=O)C(=O)O. The lowest BCUT2D eigenvalue weighted by atomic mass is 9.74. The minimum atomic E-state index is -1.21. The normalized spacial score (nSPS) is 13.7. The van der Waals surface area contributed by atoms with Gasteiger partial charge in [-0.25, -0.2) is 4.79 Å². The third kappa shape index (κ3) is 4.86. The first-order valence-electron chi connectivity index (χ1n) is 6.00. The Labute approximate surface area is 112 Å². The molecule has 0 aromatic heterocycles. The molecule has 1 atom stereocenters. The first kappa shape index (κ1) is 17.4. The van der Waals surface area contributed by atoms with Crippen LogP contribution in [0.3, 0.4) is 0 Å². The van der Waals surface area contributed by atoms with Crippen molar-refractivity contribution in [2.24, 2.45) is 16.9 Å². The van der Waals surface area contributed by atoms with Crippen LogP contribution < -0.4 is 16.8 Å². The summed E-state index contributed by atoms with van der Waals surface area (Å²) in [6, 6.07) is -1.15. The van der Waals surface area contributed by atoms with Crippen molar-refractivity contribution >= 4 is 17.8 Å². The van der Waals surface area contributed by atoms with Crippen molar-refractivity contribution in [3.63, 3.8) is 0 Å². The standard InChI is InChI=1S/C12H23N3O4/c1-11(2,12(3,4)14)10(19)15-7(9(17)18)5-6-8(13)16/h7H,5-6,14H2,1-4H3,(H2,13,16)(H,15,19)(H,17,18)/t7-/m1/s1. The van der Waals surface area contributed by atoms with E-state index in [9.17, 15) is 14.4 Å². The first-order chi connectivity index (χ1) is 8.39. The Morgan fingerprint density at radius 3 is 2.00 bits per heavy atom. The molecule has 0 bridgehead atoms. The summed E-state index contributed by atoms with van der Waals surface area (Å²) in [6.07, 6.45) is -0.152. The highest BCUT2D eigenvalue weighted by Crippen LogP contribution is 2.28. The number of rotatable bonds is 7. The minimum Gasteiger partial charge on any atom is -0.480 e. The van der Waals surface area contributed by atoms with Crippen LogP contribution in [0.2, 0.25) is 0 Å². The maximum Gasteiger partial charge on any atom is 0.326 e. The van der Waals surface area contributed by atoms with E-state index in [4.69, 9.17) is 16.6 Å². The van der Waals surface area contributed by atoms with Crippen LogP contribution in [0.4, 0.5) is 0 Å². The van der Waals surface area contributed by atoms with Gasteiger partial charge in [0.2, 0.25) is 11.8 Å². The molecule has 110 valence electrons. The number of nitrogens with two attached hydrogens (primary N) is 2. The van der Waals surface area contributed by atoms with Crippen LogP contribution in [0.15, 0.2) is 0 Å². The highest BCUT2D eigenvalue weighted by atomic mass is 16.4. The Hall–Kier alpha value is -1.63. The average Bonchev–Trinajstić information content (AvgIpc) is 2.21. The molecule has 7 nitrogen and oxygen atoms in total. The minimum absolute atomic E-state index is 0.0442. The van der Waals surface area contributed by atoms with Crippen molar-refractivity contribution in [1.82, 2.24) is 5.32 Å². The maximum absolute atomic E-state index is 12.1. The zero-order valence-electron chi connectivity index (χ0n) is 11.8. The van der Waals surface area contributed by atoms with E-state index in [1.54, 1.807) is 27.7 Å². The summed E-state index contributed by atoms with van der Waals surface area (Å²) in [4.78, 5) is 33.8. The van der Waals surface area contributed by atoms with E-state index in [1.165, 1.54) is 0 Å². The van der Waals surface area contributed by atoms with Crippen LogP contribution >= 0.6 is 0 Å². The van der Waals surface area contributed by atoms with Crippen molar-refractivity contribution in [3.05, 3.63) is 0 Å². The Morgan fingerprint density at radius 2 is 1.68 bits per heavy atom. The number of aliphatic carboxylic acids is 1. The summed E-state index contributed by atoms with van der Waals surface area (Å²) in [7, 11) is 0. The summed E-state index contributed by atoms with van der Waals surface area (Å²) >= 11 is 0. The molecule has 0 radical (unpaired) electrons. The predicted molar refractivity (Wildman–Crippen MR) is 70.0 cm³/mol. The fourth-order valence-electron chi connectivity index (χ4n) is 1.18. The van der Waals surface area contributed by atoms with Crippen LogP contribution in [0.25, 0.3) is 0 Å². The van der Waals surface area contributed by atoms with Gasteiger partial charge in [0, 0.05) is 12.0 Å². The second-order valence-electron chi connectivity index (χ2n) is 5.72. The summed E-state index contributed by atoms with van der Waals surface area (Å²) in [5.41, 5.74) is 9.10. The van der Waals surface area contributed by atoms with Gasteiger partial charge in [-0.05, 0) is 34.1 Å². The third-order valence-electron chi connectivity index (χ3n) is 3.46. The van der Waals surface area contributed by atoms with Crippen molar-refractivity contribution in [2.75, 3.05) is 0 Å². The Kier molecular flexibility index (Phi) is 5.49. The van der Waals surface area contributed by atoms with Crippen LogP contribution in [0.5, 0.6) is 0 Å². The molecule has 0 unspecified atom stereocenters. The van der Waals surface area contributed by atoms with Gasteiger partial charge in [0.05, 0.1) is 5.41 Å². The number of primary amides is 1. The van der Waals surface area contributed by atoms with Gasteiger partial charge >= 0.3 is 5.97 Å². The summed E-state index contributed by atoms with van der Waals surface area (Å²) in [5.74, 6) is -2.30. The number of carbonyl (C=O) groups excluding carboxylic acids is 2. The molecule has 0 aliphatic rings. The highest BCUT2D eigenvalue weighted by molar-refractivity contribution is 5.88.